The van der Waals surface area contributed by atoms with Gasteiger partial charge in [-0.15, -0.1) is 0 Å². The van der Waals surface area contributed by atoms with Crippen LogP contribution in [0.4, 0.5) is 0 Å². The first-order valence-electron chi connectivity index (χ1n) is 5.68. The van der Waals surface area contributed by atoms with E-state index in [1.807, 2.05) is 0 Å². The lowest BCUT2D eigenvalue weighted by molar-refractivity contribution is 0.577. The standard InChI is InChI=1S/C12H16N2O/c15-12-7-8-13-11(9-14-12)10-5-3-1-2-4-6-10/h7-10H,1-6H2. The van der Waals surface area contributed by atoms with Crippen LogP contribution < -0.4 is 5.56 Å². The summed E-state index contributed by atoms with van der Waals surface area (Å²) in [5, 5.41) is 0. The van der Waals surface area contributed by atoms with Gasteiger partial charge in [0.25, 0.3) is 5.56 Å². The van der Waals surface area contributed by atoms with Crippen LogP contribution in [0, 0.1) is 0 Å². The molecule has 0 amide bonds. The third kappa shape index (κ3) is 2.85. The molecule has 0 aliphatic heterocycles. The van der Waals surface area contributed by atoms with Gasteiger partial charge in [0.05, 0.1) is 11.9 Å². The molecule has 80 valence electrons. The highest BCUT2D eigenvalue weighted by molar-refractivity contribution is 5.03. The van der Waals surface area contributed by atoms with Crippen molar-refractivity contribution in [1.29, 1.82) is 0 Å². The SMILES string of the molecule is O=c1ccnc(C2CCCCCC2)cn1. The zero-order valence-electron chi connectivity index (χ0n) is 8.85. The number of aromatic nitrogens is 2. The zero-order valence-corrected chi connectivity index (χ0v) is 8.85. The average molecular weight is 204 g/mol. The fourth-order valence-electron chi connectivity index (χ4n) is 2.18. The third-order valence-electron chi connectivity index (χ3n) is 3.04. The Morgan fingerprint density at radius 3 is 2.53 bits per heavy atom. The van der Waals surface area contributed by atoms with Gasteiger partial charge in [-0.25, -0.2) is 4.98 Å². The Labute approximate surface area is 89.6 Å². The molecule has 0 atom stereocenters. The van der Waals surface area contributed by atoms with E-state index in [1.54, 1.807) is 12.4 Å². The molecule has 0 bridgehead atoms. The van der Waals surface area contributed by atoms with E-state index in [2.05, 4.69) is 9.97 Å². The second kappa shape index (κ2) is 5.01. The normalized spacial score (nSPS) is 18.4. The number of hydrogen-bond acceptors (Lipinski definition) is 3. The van der Waals surface area contributed by atoms with E-state index in [-0.39, 0.29) is 5.56 Å². The molecular weight excluding hydrogens is 188 g/mol. The lowest BCUT2D eigenvalue weighted by Crippen LogP contribution is -2.00. The first-order chi connectivity index (χ1) is 7.36. The van der Waals surface area contributed by atoms with Crippen LogP contribution >= 0.6 is 0 Å². The van der Waals surface area contributed by atoms with Crippen molar-refractivity contribution in [3.63, 3.8) is 0 Å². The van der Waals surface area contributed by atoms with Gasteiger partial charge in [0.1, 0.15) is 0 Å². The first kappa shape index (κ1) is 10.3. The van der Waals surface area contributed by atoms with Crippen LogP contribution in [0.25, 0.3) is 0 Å². The van der Waals surface area contributed by atoms with E-state index >= 15 is 0 Å². The zero-order chi connectivity index (χ0) is 10.5. The molecule has 15 heavy (non-hydrogen) atoms. The van der Waals surface area contributed by atoms with Crippen molar-refractivity contribution >= 4 is 0 Å². The largest absolute Gasteiger partial charge is 0.271 e. The molecule has 0 unspecified atom stereocenters. The predicted octanol–water partition coefficient (Wildman–Crippen LogP) is 2.27. The Kier molecular flexibility index (Phi) is 3.43. The van der Waals surface area contributed by atoms with E-state index in [0.29, 0.717) is 5.92 Å². The van der Waals surface area contributed by atoms with Crippen molar-refractivity contribution in [3.8, 4) is 0 Å². The lowest BCUT2D eigenvalue weighted by atomic mass is 9.97. The van der Waals surface area contributed by atoms with Gasteiger partial charge < -0.3 is 0 Å². The van der Waals surface area contributed by atoms with E-state index in [1.165, 1.54) is 44.6 Å². The average Bonchev–Trinajstić information content (AvgIpc) is 2.59. The van der Waals surface area contributed by atoms with Crippen molar-refractivity contribution in [3.05, 3.63) is 34.5 Å². The molecule has 1 saturated carbocycles. The quantitative estimate of drug-likeness (QED) is 0.659. The van der Waals surface area contributed by atoms with Crippen LogP contribution in [0.2, 0.25) is 0 Å². The van der Waals surface area contributed by atoms with Crippen LogP contribution in [0.3, 0.4) is 0 Å². The van der Waals surface area contributed by atoms with Crippen molar-refractivity contribution in [1.82, 2.24) is 9.97 Å². The topological polar surface area (TPSA) is 42.9 Å². The maximum Gasteiger partial charge on any atom is 0.271 e. The second-order valence-electron chi connectivity index (χ2n) is 4.15. The summed E-state index contributed by atoms with van der Waals surface area (Å²) in [5.41, 5.74) is 0.779. The van der Waals surface area contributed by atoms with Crippen LogP contribution in [-0.2, 0) is 0 Å². The summed E-state index contributed by atoms with van der Waals surface area (Å²) in [6.07, 6.45) is 10.8. The molecule has 3 heteroatoms. The van der Waals surface area contributed by atoms with Crippen molar-refractivity contribution in [2.45, 2.75) is 44.4 Å². The summed E-state index contributed by atoms with van der Waals surface area (Å²) >= 11 is 0. The summed E-state index contributed by atoms with van der Waals surface area (Å²) in [4.78, 5) is 19.2. The number of nitrogens with zero attached hydrogens (tertiary/aromatic N) is 2. The summed E-state index contributed by atoms with van der Waals surface area (Å²) in [7, 11) is 0. The van der Waals surface area contributed by atoms with Crippen LogP contribution in [-0.4, -0.2) is 9.97 Å². The number of rotatable bonds is 1. The second-order valence-corrected chi connectivity index (χ2v) is 4.15. The van der Waals surface area contributed by atoms with E-state index in [0.717, 1.165) is 5.69 Å². The Hall–Kier alpha value is -1.25. The number of hydrogen-bond donors (Lipinski definition) is 0. The summed E-state index contributed by atoms with van der Waals surface area (Å²) < 4.78 is 0. The van der Waals surface area contributed by atoms with Gasteiger partial charge in [-0.05, 0) is 12.8 Å². The molecule has 1 aliphatic carbocycles. The van der Waals surface area contributed by atoms with Gasteiger partial charge in [0.2, 0.25) is 0 Å². The molecule has 1 fully saturated rings. The molecule has 1 aromatic heterocycles. The van der Waals surface area contributed by atoms with Gasteiger partial charge in [-0.1, -0.05) is 25.7 Å². The summed E-state index contributed by atoms with van der Waals surface area (Å²) in [5.74, 6) is 0.506. The van der Waals surface area contributed by atoms with Crippen LogP contribution in [0.1, 0.15) is 50.1 Å². The smallest absolute Gasteiger partial charge is 0.267 e. The molecule has 0 spiro atoms. The maximum atomic E-state index is 11.0. The highest BCUT2D eigenvalue weighted by atomic mass is 16.1. The Morgan fingerprint density at radius 1 is 1.07 bits per heavy atom. The molecule has 0 saturated heterocycles. The minimum Gasteiger partial charge on any atom is -0.267 e. The summed E-state index contributed by atoms with van der Waals surface area (Å²) in [6, 6.07) is 1.42. The van der Waals surface area contributed by atoms with Crippen molar-refractivity contribution in [2.75, 3.05) is 0 Å². The molecular formula is C12H16N2O. The molecule has 2 rings (SSSR count). The first-order valence-corrected chi connectivity index (χ1v) is 5.68. The fourth-order valence-corrected chi connectivity index (χ4v) is 2.18. The Bertz CT molecular complexity index is 370. The van der Waals surface area contributed by atoms with Gasteiger partial charge in [0.15, 0.2) is 0 Å². The highest BCUT2D eigenvalue weighted by Crippen LogP contribution is 2.29. The molecule has 0 aromatic carbocycles. The minimum absolute atomic E-state index is 0.206. The van der Waals surface area contributed by atoms with Crippen molar-refractivity contribution in [2.24, 2.45) is 0 Å². The highest BCUT2D eigenvalue weighted by Gasteiger charge is 2.14. The third-order valence-corrected chi connectivity index (χ3v) is 3.04. The van der Waals surface area contributed by atoms with Crippen LogP contribution in [0.5, 0.6) is 0 Å². The van der Waals surface area contributed by atoms with Gasteiger partial charge in [-0.3, -0.25) is 9.78 Å². The van der Waals surface area contributed by atoms with Crippen molar-refractivity contribution < 1.29 is 0 Å². The van der Waals surface area contributed by atoms with E-state index < -0.39 is 0 Å². The van der Waals surface area contributed by atoms with Gasteiger partial charge in [0, 0.05) is 18.2 Å². The minimum atomic E-state index is -0.206. The fraction of sp³-hybridized carbons (Fsp3) is 0.583. The molecule has 1 aliphatic rings. The van der Waals surface area contributed by atoms with Gasteiger partial charge >= 0.3 is 0 Å². The molecule has 0 radical (unpaired) electrons. The molecule has 1 aromatic rings. The van der Waals surface area contributed by atoms with Gasteiger partial charge in [-0.2, -0.15) is 0 Å². The Balaban J connectivity index is 2.20. The van der Waals surface area contributed by atoms with Crippen LogP contribution in [0.15, 0.2) is 23.3 Å². The van der Waals surface area contributed by atoms with E-state index in [4.69, 9.17) is 0 Å². The predicted molar refractivity (Wildman–Crippen MR) is 58.7 cm³/mol. The molecule has 3 nitrogen and oxygen atoms in total. The Morgan fingerprint density at radius 2 is 1.80 bits per heavy atom. The lowest BCUT2D eigenvalue weighted by Gasteiger charge is -2.10. The molecule has 0 N–H and O–H groups in total. The summed E-state index contributed by atoms with van der Waals surface area (Å²) in [6.45, 7) is 0. The monoisotopic (exact) mass is 204 g/mol. The van der Waals surface area contributed by atoms with E-state index in [9.17, 15) is 4.79 Å². The molecule has 1 heterocycles. The maximum absolute atomic E-state index is 11.0.